The average Bonchev–Trinajstić information content (AvgIpc) is 2.87. The van der Waals surface area contributed by atoms with Crippen molar-refractivity contribution in [1.29, 1.82) is 0 Å². The third kappa shape index (κ3) is 5.68. The first-order chi connectivity index (χ1) is 9.62. The molecule has 0 N–H and O–H groups in total. The topological polar surface area (TPSA) is 17.8 Å². The summed E-state index contributed by atoms with van der Waals surface area (Å²) in [6, 6.07) is 2.22. The molecule has 0 spiro atoms. The molecule has 0 radical (unpaired) electrons. The minimum atomic E-state index is 0.280. The van der Waals surface area contributed by atoms with Gasteiger partial charge in [0.05, 0.1) is 5.69 Å². The molecule has 0 bridgehead atoms. The summed E-state index contributed by atoms with van der Waals surface area (Å²) in [6.45, 7) is 6.98. The molecule has 0 unspecified atom stereocenters. The first-order valence-corrected chi connectivity index (χ1v) is 8.62. The van der Waals surface area contributed by atoms with Crippen molar-refractivity contribution in [2.75, 3.05) is 0 Å². The molecule has 20 heavy (non-hydrogen) atoms. The first-order valence-electron chi connectivity index (χ1n) is 8.62. The highest BCUT2D eigenvalue weighted by molar-refractivity contribution is 5.13. The Hall–Kier alpha value is -0.790. The van der Waals surface area contributed by atoms with Crippen LogP contribution in [0.5, 0.6) is 0 Å². The van der Waals surface area contributed by atoms with Crippen LogP contribution in [-0.4, -0.2) is 9.78 Å². The van der Waals surface area contributed by atoms with Gasteiger partial charge in [-0.1, -0.05) is 72.1 Å². The van der Waals surface area contributed by atoms with Gasteiger partial charge in [-0.3, -0.25) is 4.68 Å². The van der Waals surface area contributed by atoms with Gasteiger partial charge in [0, 0.05) is 18.7 Å². The molecule has 0 fully saturated rings. The van der Waals surface area contributed by atoms with E-state index in [2.05, 4.69) is 33.0 Å². The van der Waals surface area contributed by atoms with Crippen molar-refractivity contribution in [3.8, 4) is 0 Å². The molecule has 0 atom stereocenters. The monoisotopic (exact) mass is 278 g/mol. The molecule has 0 amide bonds. The van der Waals surface area contributed by atoms with E-state index < -0.39 is 0 Å². The number of rotatable bonds is 11. The summed E-state index contributed by atoms with van der Waals surface area (Å²) in [5.41, 5.74) is 1.58. The highest BCUT2D eigenvalue weighted by Crippen LogP contribution is 2.34. The second-order valence-electron chi connectivity index (χ2n) is 6.56. The lowest BCUT2D eigenvalue weighted by atomic mass is 9.77. The lowest BCUT2D eigenvalue weighted by molar-refractivity contribution is 0.352. The number of unbranched alkanes of at least 4 members (excludes halogenated alkanes) is 6. The normalized spacial score (nSPS) is 12.0. The number of nitrogens with zero attached hydrogens (tertiary/aromatic N) is 2. The van der Waals surface area contributed by atoms with Crippen molar-refractivity contribution >= 4 is 0 Å². The van der Waals surface area contributed by atoms with Gasteiger partial charge >= 0.3 is 0 Å². The molecule has 116 valence electrons. The summed E-state index contributed by atoms with van der Waals surface area (Å²) in [7, 11) is 2.03. The van der Waals surface area contributed by atoms with Gasteiger partial charge in [0.25, 0.3) is 0 Å². The van der Waals surface area contributed by atoms with Crippen LogP contribution in [-0.2, 0) is 12.5 Å². The molecule has 2 nitrogen and oxygen atoms in total. The third-order valence-electron chi connectivity index (χ3n) is 4.50. The van der Waals surface area contributed by atoms with Gasteiger partial charge in [0.1, 0.15) is 0 Å². The Kier molecular flexibility index (Phi) is 7.94. The van der Waals surface area contributed by atoms with E-state index in [4.69, 9.17) is 5.10 Å². The van der Waals surface area contributed by atoms with Crippen LogP contribution < -0.4 is 0 Å². The predicted molar refractivity (Wildman–Crippen MR) is 88.1 cm³/mol. The smallest absolute Gasteiger partial charge is 0.0683 e. The number of hydrogen-bond acceptors (Lipinski definition) is 1. The summed E-state index contributed by atoms with van der Waals surface area (Å²) < 4.78 is 1.95. The van der Waals surface area contributed by atoms with Crippen LogP contribution in [0.25, 0.3) is 0 Å². The van der Waals surface area contributed by atoms with Gasteiger partial charge in [0.15, 0.2) is 0 Å². The molecule has 1 rings (SSSR count). The Balaban J connectivity index is 2.57. The van der Waals surface area contributed by atoms with Gasteiger partial charge in [0.2, 0.25) is 0 Å². The Morgan fingerprint density at radius 1 is 0.950 bits per heavy atom. The largest absolute Gasteiger partial charge is 0.276 e. The molecule has 1 aromatic heterocycles. The quantitative estimate of drug-likeness (QED) is 0.480. The summed E-state index contributed by atoms with van der Waals surface area (Å²) in [5.74, 6) is 0. The van der Waals surface area contributed by atoms with Crippen molar-refractivity contribution in [3.05, 3.63) is 18.0 Å². The molecule has 2 heteroatoms. The fraction of sp³-hybridized carbons (Fsp3) is 0.833. The van der Waals surface area contributed by atoms with Gasteiger partial charge < -0.3 is 0 Å². The molecule has 0 aliphatic heterocycles. The molecule has 0 aromatic carbocycles. The van der Waals surface area contributed by atoms with E-state index >= 15 is 0 Å². The standard InChI is InChI=1S/C18H34N2/c1-5-7-9-11-14-18(3,15-12-10-8-6-2)17-13-16-20(4)19-17/h13,16H,5-12,14-15H2,1-4H3. The summed E-state index contributed by atoms with van der Waals surface area (Å²) in [5, 5.41) is 4.70. The maximum atomic E-state index is 4.70. The molecule has 1 aromatic rings. The predicted octanol–water partition coefficient (Wildman–Crippen LogP) is 5.62. The Labute approximate surface area is 126 Å². The second kappa shape index (κ2) is 9.20. The zero-order valence-electron chi connectivity index (χ0n) is 14.1. The minimum Gasteiger partial charge on any atom is -0.276 e. The Morgan fingerprint density at radius 3 is 1.90 bits per heavy atom. The maximum Gasteiger partial charge on any atom is 0.0683 e. The maximum absolute atomic E-state index is 4.70. The van der Waals surface area contributed by atoms with E-state index in [1.54, 1.807) is 0 Å². The van der Waals surface area contributed by atoms with Crippen LogP contribution >= 0.6 is 0 Å². The Bertz CT molecular complexity index is 342. The fourth-order valence-electron chi connectivity index (χ4n) is 3.00. The highest BCUT2D eigenvalue weighted by Gasteiger charge is 2.27. The average molecular weight is 278 g/mol. The van der Waals surface area contributed by atoms with E-state index in [0.29, 0.717) is 0 Å². The molecular formula is C18H34N2. The number of hydrogen-bond donors (Lipinski definition) is 0. The van der Waals surface area contributed by atoms with Crippen molar-refractivity contribution in [2.24, 2.45) is 7.05 Å². The first kappa shape index (κ1) is 17.3. The van der Waals surface area contributed by atoms with Gasteiger partial charge in [-0.05, 0) is 18.9 Å². The molecule has 1 heterocycles. The second-order valence-corrected chi connectivity index (χ2v) is 6.56. The van der Waals surface area contributed by atoms with E-state index in [9.17, 15) is 0 Å². The van der Waals surface area contributed by atoms with E-state index in [-0.39, 0.29) is 5.41 Å². The van der Waals surface area contributed by atoms with Crippen LogP contribution in [0.15, 0.2) is 12.3 Å². The highest BCUT2D eigenvalue weighted by atomic mass is 15.2. The fourth-order valence-corrected chi connectivity index (χ4v) is 3.00. The summed E-state index contributed by atoms with van der Waals surface area (Å²) in [6.07, 6.45) is 15.5. The van der Waals surface area contributed by atoms with Gasteiger partial charge in [-0.15, -0.1) is 0 Å². The van der Waals surface area contributed by atoms with Crippen molar-refractivity contribution in [1.82, 2.24) is 9.78 Å². The lowest BCUT2D eigenvalue weighted by Gasteiger charge is -2.28. The molecule has 0 aliphatic carbocycles. The Morgan fingerprint density at radius 2 is 1.50 bits per heavy atom. The molecule has 0 saturated carbocycles. The van der Waals surface area contributed by atoms with Crippen LogP contribution in [0, 0.1) is 0 Å². The van der Waals surface area contributed by atoms with Crippen molar-refractivity contribution in [3.63, 3.8) is 0 Å². The lowest BCUT2D eigenvalue weighted by Crippen LogP contribution is -2.23. The zero-order chi connectivity index (χ0) is 14.8. The number of aromatic nitrogens is 2. The van der Waals surface area contributed by atoms with Crippen LogP contribution in [0.1, 0.15) is 90.7 Å². The minimum absolute atomic E-state index is 0.280. The van der Waals surface area contributed by atoms with Crippen LogP contribution in [0.4, 0.5) is 0 Å². The SMILES string of the molecule is CCCCCCC(C)(CCCCCC)c1ccn(C)n1. The summed E-state index contributed by atoms with van der Waals surface area (Å²) in [4.78, 5) is 0. The van der Waals surface area contributed by atoms with Crippen molar-refractivity contribution in [2.45, 2.75) is 90.4 Å². The van der Waals surface area contributed by atoms with Gasteiger partial charge in [-0.2, -0.15) is 5.10 Å². The van der Waals surface area contributed by atoms with Crippen LogP contribution in [0.2, 0.25) is 0 Å². The van der Waals surface area contributed by atoms with Gasteiger partial charge in [-0.25, -0.2) is 0 Å². The van der Waals surface area contributed by atoms with Crippen molar-refractivity contribution < 1.29 is 0 Å². The third-order valence-corrected chi connectivity index (χ3v) is 4.50. The number of aryl methyl sites for hydroxylation is 1. The molecular weight excluding hydrogens is 244 g/mol. The van der Waals surface area contributed by atoms with E-state index in [0.717, 1.165) is 0 Å². The zero-order valence-corrected chi connectivity index (χ0v) is 14.1. The van der Waals surface area contributed by atoms with E-state index in [1.165, 1.54) is 69.9 Å². The van der Waals surface area contributed by atoms with Crippen LogP contribution in [0.3, 0.4) is 0 Å². The summed E-state index contributed by atoms with van der Waals surface area (Å²) >= 11 is 0. The molecule has 0 saturated heterocycles. The van der Waals surface area contributed by atoms with E-state index in [1.807, 2.05) is 11.7 Å². The molecule has 0 aliphatic rings.